The molecule has 0 saturated heterocycles. The number of hydrogen-bond donors (Lipinski definition) is 1. The third kappa shape index (κ3) is 2.76. The van der Waals surface area contributed by atoms with Gasteiger partial charge in [0.1, 0.15) is 5.76 Å². The van der Waals surface area contributed by atoms with Gasteiger partial charge in [-0.1, -0.05) is 0 Å². The predicted octanol–water partition coefficient (Wildman–Crippen LogP) is 4.17. The number of carboxylic acids is 1. The SMILES string of the molecule is O=C(O)c1ccc(SCc2ccco2)c(F)c1Br. The maximum absolute atomic E-state index is 13.9. The zero-order chi connectivity index (χ0) is 13.1. The van der Waals surface area contributed by atoms with Crippen molar-refractivity contribution in [3.8, 4) is 0 Å². The molecule has 0 radical (unpaired) electrons. The van der Waals surface area contributed by atoms with Crippen molar-refractivity contribution in [3.63, 3.8) is 0 Å². The highest BCUT2D eigenvalue weighted by Gasteiger charge is 2.16. The Balaban J connectivity index is 2.19. The van der Waals surface area contributed by atoms with Crippen molar-refractivity contribution in [1.29, 1.82) is 0 Å². The number of rotatable bonds is 4. The van der Waals surface area contributed by atoms with Gasteiger partial charge in [-0.2, -0.15) is 0 Å². The summed E-state index contributed by atoms with van der Waals surface area (Å²) in [5, 5.41) is 8.84. The maximum Gasteiger partial charge on any atom is 0.336 e. The molecule has 0 aliphatic heterocycles. The Kier molecular flexibility index (Phi) is 4.08. The van der Waals surface area contributed by atoms with Crippen LogP contribution in [0.1, 0.15) is 16.1 Å². The van der Waals surface area contributed by atoms with Gasteiger partial charge >= 0.3 is 5.97 Å². The minimum Gasteiger partial charge on any atom is -0.478 e. The topological polar surface area (TPSA) is 50.4 Å². The molecule has 3 nitrogen and oxygen atoms in total. The van der Waals surface area contributed by atoms with Crippen molar-refractivity contribution in [2.24, 2.45) is 0 Å². The molecule has 6 heteroatoms. The lowest BCUT2D eigenvalue weighted by atomic mass is 10.2. The van der Waals surface area contributed by atoms with E-state index in [4.69, 9.17) is 9.52 Å². The molecule has 1 N–H and O–H groups in total. The van der Waals surface area contributed by atoms with E-state index < -0.39 is 11.8 Å². The highest BCUT2D eigenvalue weighted by molar-refractivity contribution is 9.10. The van der Waals surface area contributed by atoms with Crippen molar-refractivity contribution >= 4 is 33.7 Å². The van der Waals surface area contributed by atoms with E-state index in [0.29, 0.717) is 10.6 Å². The van der Waals surface area contributed by atoms with Crippen molar-refractivity contribution in [1.82, 2.24) is 0 Å². The standard InChI is InChI=1S/C12H8BrFO3S/c13-10-8(12(15)16)3-4-9(11(10)14)18-6-7-2-1-5-17-7/h1-5H,6H2,(H,15,16). The van der Waals surface area contributed by atoms with E-state index in [2.05, 4.69) is 15.9 Å². The molecular formula is C12H8BrFO3S. The molecule has 0 spiro atoms. The number of furan rings is 1. The van der Waals surface area contributed by atoms with Gasteiger partial charge in [-0.05, 0) is 40.2 Å². The normalized spacial score (nSPS) is 10.6. The van der Waals surface area contributed by atoms with Gasteiger partial charge in [-0.15, -0.1) is 11.8 Å². The van der Waals surface area contributed by atoms with Crippen LogP contribution in [0.15, 0.2) is 44.3 Å². The monoisotopic (exact) mass is 330 g/mol. The minimum atomic E-state index is -1.16. The van der Waals surface area contributed by atoms with Crippen molar-refractivity contribution in [2.75, 3.05) is 0 Å². The van der Waals surface area contributed by atoms with Crippen molar-refractivity contribution in [3.05, 3.63) is 52.1 Å². The molecule has 0 amide bonds. The lowest BCUT2D eigenvalue weighted by Gasteiger charge is -2.06. The Morgan fingerprint density at radius 1 is 1.44 bits per heavy atom. The second-order valence-corrected chi connectivity index (χ2v) is 5.22. The van der Waals surface area contributed by atoms with E-state index in [0.717, 1.165) is 5.76 Å². The third-order valence-corrected chi connectivity index (χ3v) is 4.06. The summed E-state index contributed by atoms with van der Waals surface area (Å²) in [5.74, 6) is -0.504. The largest absolute Gasteiger partial charge is 0.478 e. The number of carbonyl (C=O) groups is 1. The van der Waals surface area contributed by atoms with Crippen LogP contribution in [-0.4, -0.2) is 11.1 Å². The number of hydrogen-bond acceptors (Lipinski definition) is 3. The molecule has 0 fully saturated rings. The summed E-state index contributed by atoms with van der Waals surface area (Å²) in [4.78, 5) is 11.2. The van der Waals surface area contributed by atoms with Crippen LogP contribution in [0.3, 0.4) is 0 Å². The number of carboxylic acid groups (broad SMARTS) is 1. The van der Waals surface area contributed by atoms with Crippen molar-refractivity contribution in [2.45, 2.75) is 10.6 Å². The molecule has 0 bridgehead atoms. The highest BCUT2D eigenvalue weighted by atomic mass is 79.9. The maximum atomic E-state index is 13.9. The van der Waals surface area contributed by atoms with Crippen molar-refractivity contribution < 1.29 is 18.7 Å². The molecule has 1 aromatic carbocycles. The summed E-state index contributed by atoms with van der Waals surface area (Å²) in [7, 11) is 0. The van der Waals surface area contributed by atoms with E-state index in [1.807, 2.05) is 0 Å². The molecule has 0 aliphatic carbocycles. The molecule has 0 atom stereocenters. The van der Waals surface area contributed by atoms with Gasteiger partial charge in [-0.3, -0.25) is 0 Å². The first-order valence-electron chi connectivity index (χ1n) is 4.96. The van der Waals surface area contributed by atoms with Crippen LogP contribution in [0.2, 0.25) is 0 Å². The van der Waals surface area contributed by atoms with Gasteiger partial charge in [0.25, 0.3) is 0 Å². The summed E-state index contributed by atoms with van der Waals surface area (Å²) >= 11 is 4.21. The van der Waals surface area contributed by atoms with E-state index in [1.54, 1.807) is 18.4 Å². The summed E-state index contributed by atoms with van der Waals surface area (Å²) < 4.78 is 19.0. The van der Waals surface area contributed by atoms with Crippen LogP contribution in [0.4, 0.5) is 4.39 Å². The Hall–Kier alpha value is -1.27. The summed E-state index contributed by atoms with van der Waals surface area (Å²) in [6.07, 6.45) is 1.55. The molecule has 18 heavy (non-hydrogen) atoms. The van der Waals surface area contributed by atoms with E-state index in [9.17, 15) is 9.18 Å². The predicted molar refractivity (Wildman–Crippen MR) is 69.3 cm³/mol. The first kappa shape index (κ1) is 13.2. The lowest BCUT2D eigenvalue weighted by Crippen LogP contribution is -2.00. The van der Waals surface area contributed by atoms with Gasteiger partial charge in [0.15, 0.2) is 5.82 Å². The van der Waals surface area contributed by atoms with Crippen LogP contribution < -0.4 is 0 Å². The van der Waals surface area contributed by atoms with Crippen LogP contribution >= 0.6 is 27.7 Å². The fourth-order valence-corrected chi connectivity index (χ4v) is 2.85. The average molecular weight is 331 g/mol. The molecule has 1 heterocycles. The third-order valence-electron chi connectivity index (χ3n) is 2.23. The van der Waals surface area contributed by atoms with Crippen LogP contribution in [-0.2, 0) is 5.75 Å². The number of aromatic carboxylic acids is 1. The molecule has 2 aromatic rings. The highest BCUT2D eigenvalue weighted by Crippen LogP contribution is 2.32. The molecule has 2 rings (SSSR count). The van der Waals surface area contributed by atoms with Gasteiger partial charge in [0, 0.05) is 4.90 Å². The molecule has 94 valence electrons. The Morgan fingerprint density at radius 2 is 2.22 bits per heavy atom. The molecule has 0 saturated carbocycles. The fraction of sp³-hybridized carbons (Fsp3) is 0.0833. The van der Waals surface area contributed by atoms with E-state index in [-0.39, 0.29) is 10.0 Å². The fourth-order valence-electron chi connectivity index (χ4n) is 1.35. The van der Waals surface area contributed by atoms with Gasteiger partial charge in [0.05, 0.1) is 22.1 Å². The first-order chi connectivity index (χ1) is 8.59. The second-order valence-electron chi connectivity index (χ2n) is 3.41. The Morgan fingerprint density at radius 3 is 2.83 bits per heavy atom. The molecule has 1 aromatic heterocycles. The van der Waals surface area contributed by atoms with Gasteiger partial charge in [0.2, 0.25) is 0 Å². The second kappa shape index (κ2) is 5.58. The van der Waals surface area contributed by atoms with Crippen LogP contribution in [0.25, 0.3) is 0 Å². The zero-order valence-electron chi connectivity index (χ0n) is 9.02. The van der Waals surface area contributed by atoms with Crippen LogP contribution in [0, 0.1) is 5.82 Å². The smallest absolute Gasteiger partial charge is 0.336 e. The van der Waals surface area contributed by atoms with Gasteiger partial charge in [-0.25, -0.2) is 9.18 Å². The minimum absolute atomic E-state index is 0.0283. The number of benzene rings is 1. The molecule has 0 unspecified atom stereocenters. The van der Waals surface area contributed by atoms with E-state index in [1.165, 1.54) is 23.9 Å². The van der Waals surface area contributed by atoms with E-state index >= 15 is 0 Å². The molecule has 0 aliphatic rings. The zero-order valence-corrected chi connectivity index (χ0v) is 11.4. The summed E-state index contributed by atoms with van der Waals surface area (Å²) in [6.45, 7) is 0. The van der Waals surface area contributed by atoms with Crippen LogP contribution in [0.5, 0.6) is 0 Å². The Bertz CT molecular complexity index is 569. The summed E-state index contributed by atoms with van der Waals surface area (Å²) in [6, 6.07) is 6.39. The quantitative estimate of drug-likeness (QED) is 0.854. The van der Waals surface area contributed by atoms with Gasteiger partial charge < -0.3 is 9.52 Å². The Labute approximate surface area is 115 Å². The first-order valence-corrected chi connectivity index (χ1v) is 6.74. The lowest BCUT2D eigenvalue weighted by molar-refractivity contribution is 0.0695. The number of halogens is 2. The molecular weight excluding hydrogens is 323 g/mol. The number of thioether (sulfide) groups is 1. The average Bonchev–Trinajstić information content (AvgIpc) is 2.83. The summed E-state index contributed by atoms with van der Waals surface area (Å²) in [5.41, 5.74) is -0.0881.